The van der Waals surface area contributed by atoms with Crippen molar-refractivity contribution in [3.05, 3.63) is 27.5 Å². The van der Waals surface area contributed by atoms with Crippen LogP contribution in [0.3, 0.4) is 0 Å². The first-order chi connectivity index (χ1) is 6.77. The minimum atomic E-state index is 0.466. The molecule has 4 heteroatoms. The molecule has 1 heterocycles. The minimum Gasteiger partial charge on any atom is -0.495 e. The van der Waals surface area contributed by atoms with Gasteiger partial charge in [0.2, 0.25) is 0 Å². The van der Waals surface area contributed by atoms with Crippen LogP contribution in [0, 0.1) is 0 Å². The molecule has 0 unspecified atom stereocenters. The summed E-state index contributed by atoms with van der Waals surface area (Å²) in [7, 11) is 1.66. The largest absolute Gasteiger partial charge is 0.495 e. The van der Waals surface area contributed by atoms with E-state index in [9.17, 15) is 0 Å². The van der Waals surface area contributed by atoms with Gasteiger partial charge >= 0.3 is 0 Å². The summed E-state index contributed by atoms with van der Waals surface area (Å²) in [5, 5.41) is 3.27. The quantitative estimate of drug-likeness (QED) is 0.745. The van der Waals surface area contributed by atoms with Crippen molar-refractivity contribution >= 4 is 49.0 Å². The molecule has 0 saturated carbocycles. The number of hydrogen-bond donors (Lipinski definition) is 0. The molecule has 0 spiro atoms. The first-order valence-corrected chi connectivity index (χ1v) is 6.27. The zero-order valence-electron chi connectivity index (χ0n) is 7.51. The second-order valence-electron chi connectivity index (χ2n) is 2.86. The molecule has 0 aliphatic heterocycles. The van der Waals surface area contributed by atoms with Crippen LogP contribution in [0.4, 0.5) is 0 Å². The summed E-state index contributed by atoms with van der Waals surface area (Å²) in [6.45, 7) is 0. The van der Waals surface area contributed by atoms with Crippen LogP contribution in [0.1, 0.15) is 5.56 Å². The summed E-state index contributed by atoms with van der Waals surface area (Å²) in [6, 6.07) is 4.16. The Morgan fingerprint density at radius 3 is 3.00 bits per heavy atom. The van der Waals surface area contributed by atoms with E-state index in [1.54, 1.807) is 18.4 Å². The van der Waals surface area contributed by atoms with E-state index in [0.717, 1.165) is 15.8 Å². The number of alkyl halides is 1. The van der Waals surface area contributed by atoms with Crippen molar-refractivity contribution in [3.63, 3.8) is 0 Å². The van der Waals surface area contributed by atoms with Gasteiger partial charge in [-0.05, 0) is 38.8 Å². The summed E-state index contributed by atoms with van der Waals surface area (Å²) in [6.07, 6.45) is 0. The maximum absolute atomic E-state index is 5.85. The molecular formula is C10H8BrClOS. The fourth-order valence-corrected chi connectivity index (χ4v) is 3.36. The number of hydrogen-bond acceptors (Lipinski definition) is 2. The molecule has 0 amide bonds. The Morgan fingerprint density at radius 1 is 1.57 bits per heavy atom. The summed E-state index contributed by atoms with van der Waals surface area (Å²) in [5.41, 5.74) is 1.02. The van der Waals surface area contributed by atoms with Crippen LogP contribution in [0.2, 0.25) is 0 Å². The lowest BCUT2D eigenvalue weighted by Crippen LogP contribution is -1.90. The smallest absolute Gasteiger partial charge is 0.138 e. The molecule has 14 heavy (non-hydrogen) atoms. The standard InChI is InChI=1S/C10H8BrClOS/c1-13-9-7(5-12)4-6-2-3-14-10(6)8(9)11/h2-4H,5H2,1H3. The van der Waals surface area contributed by atoms with E-state index in [1.807, 2.05) is 0 Å². The molecule has 0 fully saturated rings. The average Bonchev–Trinajstić information content (AvgIpc) is 2.65. The van der Waals surface area contributed by atoms with Gasteiger partial charge in [-0.1, -0.05) is 0 Å². The molecule has 1 nitrogen and oxygen atoms in total. The van der Waals surface area contributed by atoms with Crippen molar-refractivity contribution < 1.29 is 4.74 Å². The van der Waals surface area contributed by atoms with E-state index >= 15 is 0 Å². The number of methoxy groups -OCH3 is 1. The highest BCUT2D eigenvalue weighted by Gasteiger charge is 2.11. The maximum Gasteiger partial charge on any atom is 0.138 e. The molecule has 1 aromatic carbocycles. The van der Waals surface area contributed by atoms with Gasteiger partial charge in [-0.2, -0.15) is 0 Å². The Bertz CT molecular complexity index is 466. The Kier molecular flexibility index (Phi) is 3.00. The fraction of sp³-hybridized carbons (Fsp3) is 0.200. The van der Waals surface area contributed by atoms with Crippen molar-refractivity contribution in [1.82, 2.24) is 0 Å². The number of thiophene rings is 1. The number of benzene rings is 1. The van der Waals surface area contributed by atoms with Crippen molar-refractivity contribution in [2.24, 2.45) is 0 Å². The lowest BCUT2D eigenvalue weighted by Gasteiger charge is -2.09. The highest BCUT2D eigenvalue weighted by molar-refractivity contribution is 9.10. The highest BCUT2D eigenvalue weighted by atomic mass is 79.9. The fourth-order valence-electron chi connectivity index (χ4n) is 1.43. The molecule has 1 aromatic heterocycles. The Labute approximate surface area is 99.8 Å². The van der Waals surface area contributed by atoms with Gasteiger partial charge in [-0.25, -0.2) is 0 Å². The first-order valence-electron chi connectivity index (χ1n) is 4.06. The van der Waals surface area contributed by atoms with E-state index in [2.05, 4.69) is 33.4 Å². The van der Waals surface area contributed by atoms with Gasteiger partial charge in [-0.3, -0.25) is 0 Å². The molecular weight excluding hydrogens is 284 g/mol. The summed E-state index contributed by atoms with van der Waals surface area (Å²) >= 11 is 11.1. The second kappa shape index (κ2) is 4.09. The molecule has 0 N–H and O–H groups in total. The summed E-state index contributed by atoms with van der Waals surface area (Å²) in [5.74, 6) is 1.31. The van der Waals surface area contributed by atoms with Crippen LogP contribution >= 0.6 is 38.9 Å². The van der Waals surface area contributed by atoms with E-state index < -0.39 is 0 Å². The summed E-state index contributed by atoms with van der Waals surface area (Å²) in [4.78, 5) is 0. The van der Waals surface area contributed by atoms with Gasteiger partial charge in [0.05, 0.1) is 22.2 Å². The van der Waals surface area contributed by atoms with Crippen LogP contribution in [0.5, 0.6) is 5.75 Å². The topological polar surface area (TPSA) is 9.23 Å². The Morgan fingerprint density at radius 2 is 2.36 bits per heavy atom. The van der Waals surface area contributed by atoms with Crippen LogP contribution in [-0.2, 0) is 5.88 Å². The van der Waals surface area contributed by atoms with Crippen molar-refractivity contribution in [2.45, 2.75) is 5.88 Å². The van der Waals surface area contributed by atoms with E-state index in [0.29, 0.717) is 5.88 Å². The average molecular weight is 292 g/mol. The highest BCUT2D eigenvalue weighted by Crippen LogP contribution is 2.39. The predicted molar refractivity (Wildman–Crippen MR) is 65.6 cm³/mol. The minimum absolute atomic E-state index is 0.466. The van der Waals surface area contributed by atoms with Gasteiger partial charge in [-0.15, -0.1) is 22.9 Å². The van der Waals surface area contributed by atoms with Crippen molar-refractivity contribution in [2.75, 3.05) is 7.11 Å². The van der Waals surface area contributed by atoms with Crippen LogP contribution in [0.25, 0.3) is 10.1 Å². The third-order valence-corrected chi connectivity index (χ3v) is 4.32. The van der Waals surface area contributed by atoms with Gasteiger partial charge in [0.15, 0.2) is 0 Å². The van der Waals surface area contributed by atoms with Gasteiger partial charge in [0.25, 0.3) is 0 Å². The third-order valence-electron chi connectivity index (χ3n) is 2.06. The van der Waals surface area contributed by atoms with Crippen LogP contribution in [0.15, 0.2) is 22.0 Å². The zero-order chi connectivity index (χ0) is 10.1. The lowest BCUT2D eigenvalue weighted by atomic mass is 10.1. The van der Waals surface area contributed by atoms with Crippen LogP contribution in [-0.4, -0.2) is 7.11 Å². The number of halogens is 2. The van der Waals surface area contributed by atoms with Gasteiger partial charge in [0.1, 0.15) is 5.75 Å². The molecule has 2 rings (SSSR count). The van der Waals surface area contributed by atoms with E-state index in [-0.39, 0.29) is 0 Å². The molecule has 0 radical (unpaired) electrons. The SMILES string of the molecule is COc1c(CCl)cc2ccsc2c1Br. The van der Waals surface area contributed by atoms with Crippen molar-refractivity contribution in [3.8, 4) is 5.75 Å². The number of fused-ring (bicyclic) bond motifs is 1. The van der Waals surface area contributed by atoms with Crippen LogP contribution < -0.4 is 4.74 Å². The van der Waals surface area contributed by atoms with E-state index in [1.165, 1.54) is 10.1 Å². The molecule has 0 saturated heterocycles. The molecule has 0 aliphatic carbocycles. The first kappa shape index (κ1) is 10.3. The second-order valence-corrected chi connectivity index (χ2v) is 4.83. The van der Waals surface area contributed by atoms with Gasteiger partial charge < -0.3 is 4.74 Å². The van der Waals surface area contributed by atoms with Crippen molar-refractivity contribution in [1.29, 1.82) is 0 Å². The molecule has 74 valence electrons. The van der Waals surface area contributed by atoms with E-state index in [4.69, 9.17) is 16.3 Å². The number of rotatable bonds is 2. The molecule has 0 aliphatic rings. The molecule has 2 aromatic rings. The summed E-state index contributed by atoms with van der Waals surface area (Å²) < 4.78 is 7.53. The maximum atomic E-state index is 5.85. The van der Waals surface area contributed by atoms with Gasteiger partial charge in [0, 0.05) is 5.56 Å². The Hall–Kier alpha value is -0.250. The normalized spacial score (nSPS) is 10.8. The molecule has 0 atom stereocenters. The monoisotopic (exact) mass is 290 g/mol. The Balaban J connectivity index is 2.79. The third kappa shape index (κ3) is 1.53. The zero-order valence-corrected chi connectivity index (χ0v) is 10.7. The predicted octanol–water partition coefficient (Wildman–Crippen LogP) is 4.41. The number of ether oxygens (including phenoxy) is 1. The lowest BCUT2D eigenvalue weighted by molar-refractivity contribution is 0.409. The molecule has 0 bridgehead atoms.